The summed E-state index contributed by atoms with van der Waals surface area (Å²) in [4.78, 5) is 2.46. The summed E-state index contributed by atoms with van der Waals surface area (Å²) in [5.41, 5.74) is 17.0. The normalized spacial score (nSPS) is 12.9. The SMILES string of the molecule is CC1(C)c2ccccc2-c2ccc(N(c3cccc(-c4ccccc4)c3)c3ccc4c(c3)c3c(-c5cccc6ccccc56)cccc3n4-c3ccccc3)cc21. The molecule has 2 heteroatoms. The molecule has 2 nitrogen and oxygen atoms in total. The Kier molecular flexibility index (Phi) is 7.55. The van der Waals surface area contributed by atoms with Gasteiger partial charge in [0.2, 0.25) is 0 Å². The molecule has 0 amide bonds. The Morgan fingerprint density at radius 3 is 1.88 bits per heavy atom. The van der Waals surface area contributed by atoms with Crippen LogP contribution in [0.25, 0.3) is 71.6 Å². The predicted molar refractivity (Wildman–Crippen MR) is 241 cm³/mol. The van der Waals surface area contributed by atoms with Gasteiger partial charge in [-0.25, -0.2) is 0 Å². The Hall–Kier alpha value is -7.16. The van der Waals surface area contributed by atoms with Crippen molar-refractivity contribution in [1.29, 1.82) is 0 Å². The molecule has 0 saturated carbocycles. The molecule has 11 rings (SSSR count). The maximum atomic E-state index is 2.46. The zero-order valence-electron chi connectivity index (χ0n) is 32.0. The van der Waals surface area contributed by atoms with Crippen molar-refractivity contribution in [3.05, 3.63) is 217 Å². The summed E-state index contributed by atoms with van der Waals surface area (Å²) >= 11 is 0. The van der Waals surface area contributed by atoms with Gasteiger partial charge in [0.15, 0.2) is 0 Å². The van der Waals surface area contributed by atoms with E-state index >= 15 is 0 Å². The van der Waals surface area contributed by atoms with E-state index in [1.807, 2.05) is 0 Å². The molecule has 1 aliphatic rings. The van der Waals surface area contributed by atoms with E-state index in [-0.39, 0.29) is 5.41 Å². The molecule has 9 aromatic carbocycles. The molecule has 0 saturated heterocycles. The number of nitrogens with zero attached hydrogens (tertiary/aromatic N) is 2. The van der Waals surface area contributed by atoms with E-state index < -0.39 is 0 Å². The van der Waals surface area contributed by atoms with E-state index in [4.69, 9.17) is 0 Å². The summed E-state index contributed by atoms with van der Waals surface area (Å²) in [6.07, 6.45) is 0. The summed E-state index contributed by atoms with van der Waals surface area (Å²) in [5.74, 6) is 0. The first-order valence-corrected chi connectivity index (χ1v) is 19.9. The third-order valence-electron chi connectivity index (χ3n) is 12.2. The van der Waals surface area contributed by atoms with Gasteiger partial charge in [0.1, 0.15) is 0 Å². The van der Waals surface area contributed by atoms with Crippen LogP contribution in [0, 0.1) is 0 Å². The molecule has 1 aromatic heterocycles. The van der Waals surface area contributed by atoms with E-state index in [1.54, 1.807) is 0 Å². The number of benzene rings is 9. The van der Waals surface area contributed by atoms with E-state index in [0.717, 1.165) is 22.7 Å². The Bertz CT molecular complexity index is 3150. The van der Waals surface area contributed by atoms with Crippen LogP contribution in [-0.2, 0) is 5.41 Å². The Morgan fingerprint density at radius 1 is 0.386 bits per heavy atom. The highest BCUT2D eigenvalue weighted by Crippen LogP contribution is 2.51. The van der Waals surface area contributed by atoms with Gasteiger partial charge in [-0.05, 0) is 116 Å². The van der Waals surface area contributed by atoms with E-state index in [9.17, 15) is 0 Å². The maximum absolute atomic E-state index is 2.46. The summed E-state index contributed by atoms with van der Waals surface area (Å²) in [5, 5.41) is 4.96. The van der Waals surface area contributed by atoms with Crippen LogP contribution in [0.3, 0.4) is 0 Å². The second-order valence-corrected chi connectivity index (χ2v) is 15.8. The van der Waals surface area contributed by atoms with Crippen molar-refractivity contribution in [2.75, 3.05) is 4.90 Å². The molecule has 270 valence electrons. The quantitative estimate of drug-likeness (QED) is 0.165. The molecule has 0 N–H and O–H groups in total. The predicted octanol–water partition coefficient (Wildman–Crippen LogP) is 15.0. The number of rotatable bonds is 6. The van der Waals surface area contributed by atoms with Gasteiger partial charge < -0.3 is 9.47 Å². The van der Waals surface area contributed by atoms with Crippen LogP contribution in [0.2, 0.25) is 0 Å². The molecule has 0 radical (unpaired) electrons. The van der Waals surface area contributed by atoms with Gasteiger partial charge >= 0.3 is 0 Å². The van der Waals surface area contributed by atoms with Gasteiger partial charge in [-0.1, -0.05) is 159 Å². The lowest BCUT2D eigenvalue weighted by molar-refractivity contribution is 0.660. The molecule has 0 unspecified atom stereocenters. The van der Waals surface area contributed by atoms with Crippen molar-refractivity contribution in [3.63, 3.8) is 0 Å². The van der Waals surface area contributed by atoms with Crippen LogP contribution >= 0.6 is 0 Å². The van der Waals surface area contributed by atoms with E-state index in [2.05, 4.69) is 230 Å². The molecule has 57 heavy (non-hydrogen) atoms. The highest BCUT2D eigenvalue weighted by Gasteiger charge is 2.36. The summed E-state index contributed by atoms with van der Waals surface area (Å²) < 4.78 is 2.43. The number of fused-ring (bicyclic) bond motifs is 7. The van der Waals surface area contributed by atoms with Gasteiger partial charge in [0.25, 0.3) is 0 Å². The van der Waals surface area contributed by atoms with Crippen LogP contribution in [0.15, 0.2) is 206 Å². The third-order valence-corrected chi connectivity index (χ3v) is 12.2. The highest BCUT2D eigenvalue weighted by atomic mass is 15.1. The zero-order valence-corrected chi connectivity index (χ0v) is 32.0. The standard InChI is InChI=1S/C55H40N2/c1-55(2)50-28-12-11-25-46(50)47-32-30-43(36-51(47)55)56(41-23-13-20-39(34-41)37-16-5-3-6-17-37)42-31-33-52-49(35-42)54-48(45-26-14-19-38-18-9-10-24-44(38)45)27-15-29-53(54)57(52)40-21-7-4-8-22-40/h3-36H,1-2H3. The summed E-state index contributed by atoms with van der Waals surface area (Å²) in [7, 11) is 0. The zero-order chi connectivity index (χ0) is 38.1. The fourth-order valence-electron chi connectivity index (χ4n) is 9.47. The largest absolute Gasteiger partial charge is 0.310 e. The first-order chi connectivity index (χ1) is 28.0. The van der Waals surface area contributed by atoms with Crippen LogP contribution in [0.5, 0.6) is 0 Å². The average molecular weight is 729 g/mol. The molecule has 0 aliphatic heterocycles. The number of para-hydroxylation sites is 1. The molecule has 0 atom stereocenters. The van der Waals surface area contributed by atoms with Crippen molar-refractivity contribution in [3.8, 4) is 39.1 Å². The van der Waals surface area contributed by atoms with Crippen molar-refractivity contribution in [2.45, 2.75) is 19.3 Å². The van der Waals surface area contributed by atoms with Gasteiger partial charge in [0, 0.05) is 38.9 Å². The molecule has 1 aliphatic carbocycles. The smallest absolute Gasteiger partial charge is 0.0547 e. The topological polar surface area (TPSA) is 8.17 Å². The lowest BCUT2D eigenvalue weighted by Gasteiger charge is -2.28. The first kappa shape index (κ1) is 33.2. The molecule has 0 bridgehead atoms. The van der Waals surface area contributed by atoms with Crippen LogP contribution in [0.1, 0.15) is 25.0 Å². The van der Waals surface area contributed by atoms with Gasteiger partial charge in [-0.3, -0.25) is 0 Å². The number of hydrogen-bond acceptors (Lipinski definition) is 1. The lowest BCUT2D eigenvalue weighted by atomic mass is 9.82. The fraction of sp³-hybridized carbons (Fsp3) is 0.0545. The number of aromatic nitrogens is 1. The van der Waals surface area contributed by atoms with Gasteiger partial charge in [-0.15, -0.1) is 0 Å². The fourth-order valence-corrected chi connectivity index (χ4v) is 9.47. The average Bonchev–Trinajstić information content (AvgIpc) is 3.72. The molecular formula is C55H40N2. The second kappa shape index (κ2) is 13.0. The van der Waals surface area contributed by atoms with Gasteiger partial charge in [-0.2, -0.15) is 0 Å². The van der Waals surface area contributed by atoms with Crippen molar-refractivity contribution in [1.82, 2.24) is 4.57 Å². The second-order valence-electron chi connectivity index (χ2n) is 15.8. The highest BCUT2D eigenvalue weighted by molar-refractivity contribution is 6.18. The molecular weight excluding hydrogens is 689 g/mol. The minimum Gasteiger partial charge on any atom is -0.310 e. The summed E-state index contributed by atoms with van der Waals surface area (Å²) in [6.45, 7) is 4.72. The minimum absolute atomic E-state index is 0.125. The lowest BCUT2D eigenvalue weighted by Crippen LogP contribution is -2.16. The molecule has 0 spiro atoms. The van der Waals surface area contributed by atoms with Crippen LogP contribution < -0.4 is 4.90 Å². The Balaban J connectivity index is 1.19. The number of hydrogen-bond donors (Lipinski definition) is 0. The maximum Gasteiger partial charge on any atom is 0.0547 e. The van der Waals surface area contributed by atoms with Crippen molar-refractivity contribution < 1.29 is 0 Å². The first-order valence-electron chi connectivity index (χ1n) is 19.9. The van der Waals surface area contributed by atoms with Crippen molar-refractivity contribution >= 4 is 49.6 Å². The Morgan fingerprint density at radius 2 is 1.00 bits per heavy atom. The summed E-state index contributed by atoms with van der Waals surface area (Å²) in [6, 6.07) is 75.7. The number of anilines is 3. The van der Waals surface area contributed by atoms with E-state index in [0.29, 0.717) is 0 Å². The molecule has 10 aromatic rings. The molecule has 0 fully saturated rings. The minimum atomic E-state index is -0.125. The Labute approximate surface area is 333 Å². The third kappa shape index (κ3) is 5.25. The molecule has 1 heterocycles. The van der Waals surface area contributed by atoms with Crippen LogP contribution in [0.4, 0.5) is 17.1 Å². The van der Waals surface area contributed by atoms with Crippen molar-refractivity contribution in [2.24, 2.45) is 0 Å². The van der Waals surface area contributed by atoms with E-state index in [1.165, 1.54) is 77.1 Å². The monoisotopic (exact) mass is 728 g/mol. The van der Waals surface area contributed by atoms with Crippen LogP contribution in [-0.4, -0.2) is 4.57 Å². The van der Waals surface area contributed by atoms with Gasteiger partial charge in [0.05, 0.1) is 11.0 Å².